The van der Waals surface area contributed by atoms with E-state index in [1.165, 1.54) is 24.4 Å². The van der Waals surface area contributed by atoms with Crippen LogP contribution in [0.4, 0.5) is 26.7 Å². The number of aromatic nitrogens is 5. The number of benzene rings is 3. The molecule has 3 aromatic carbocycles. The predicted molar refractivity (Wildman–Crippen MR) is 225 cm³/mol. The number of alkyl carbamates (subject to hydrolysis) is 1. The number of nitrogens with one attached hydrogen (secondary N) is 1. The monoisotopic (exact) mass is 915 g/mol. The number of ether oxygens (including phenoxy) is 2. The van der Waals surface area contributed by atoms with Crippen LogP contribution in [0.25, 0.3) is 22.1 Å². The van der Waals surface area contributed by atoms with Crippen LogP contribution in [-0.2, 0) is 31.2 Å². The van der Waals surface area contributed by atoms with Crippen LogP contribution in [0.2, 0.25) is 5.02 Å². The van der Waals surface area contributed by atoms with E-state index >= 15 is 4.79 Å². The molecule has 65 heavy (non-hydrogen) atoms. The number of aliphatic imine (C=N–C) groups is 1. The van der Waals surface area contributed by atoms with E-state index in [1.807, 2.05) is 20.8 Å². The van der Waals surface area contributed by atoms with E-state index in [0.29, 0.717) is 33.1 Å². The minimum absolute atomic E-state index is 0.0108. The van der Waals surface area contributed by atoms with Crippen LogP contribution in [0, 0.1) is 22.2 Å². The molecule has 336 valence electrons. The predicted octanol–water partition coefficient (Wildman–Crippen LogP) is 9.30. The van der Waals surface area contributed by atoms with Gasteiger partial charge in [0.05, 0.1) is 51.4 Å². The van der Waals surface area contributed by atoms with E-state index < -0.39 is 71.8 Å². The van der Waals surface area contributed by atoms with Crippen molar-refractivity contribution in [2.24, 2.45) is 15.8 Å². The van der Waals surface area contributed by atoms with Crippen molar-refractivity contribution in [1.29, 1.82) is 5.26 Å². The van der Waals surface area contributed by atoms with Gasteiger partial charge in [-0.15, -0.1) is 0 Å². The van der Waals surface area contributed by atoms with Gasteiger partial charge >= 0.3 is 18.2 Å². The summed E-state index contributed by atoms with van der Waals surface area (Å²) in [5, 5.41) is 21.1. The number of amides is 2. The van der Waals surface area contributed by atoms with E-state index in [1.54, 1.807) is 65.2 Å². The second-order valence-corrected chi connectivity index (χ2v) is 17.6. The molecule has 2 atom stereocenters. The van der Waals surface area contributed by atoms with Gasteiger partial charge in [-0.3, -0.25) is 19.8 Å². The fourth-order valence-corrected chi connectivity index (χ4v) is 8.29. The smallest absolute Gasteiger partial charge is 0.414 e. The number of rotatable bonds is 12. The summed E-state index contributed by atoms with van der Waals surface area (Å²) < 4.78 is 83.9. The maximum atomic E-state index is 15.7. The molecule has 3 aromatic heterocycles. The topological polar surface area (TPSA) is 169 Å². The summed E-state index contributed by atoms with van der Waals surface area (Å²) in [6.07, 6.45) is -8.03. The number of carbonyl (C=O) groups is 3. The number of halogens is 6. The molecule has 0 bridgehead atoms. The number of alkyl halides is 5. The molecule has 0 unspecified atom stereocenters. The first-order chi connectivity index (χ1) is 30.8. The first-order valence-corrected chi connectivity index (χ1v) is 20.6. The molecule has 14 nitrogen and oxygen atoms in total. The molecule has 0 saturated heterocycles. The van der Waals surface area contributed by atoms with Crippen molar-refractivity contribution in [2.75, 3.05) is 6.61 Å². The first kappa shape index (κ1) is 44.7. The van der Waals surface area contributed by atoms with Crippen LogP contribution >= 0.6 is 11.6 Å². The molecular weight excluding hydrogens is 877 g/mol. The molecule has 8 rings (SSSR count). The number of nitrogens with zero attached hydrogens (tertiary/aromatic N) is 8. The van der Waals surface area contributed by atoms with Gasteiger partial charge in [-0.2, -0.15) is 28.6 Å². The molecule has 0 radical (unpaired) electrons. The molecule has 0 spiro atoms. The van der Waals surface area contributed by atoms with Crippen LogP contribution in [0.3, 0.4) is 0 Å². The van der Waals surface area contributed by atoms with Gasteiger partial charge in [-0.25, -0.2) is 32.7 Å². The molecule has 4 heterocycles. The maximum absolute atomic E-state index is 15.7. The Morgan fingerprint density at radius 1 is 0.969 bits per heavy atom. The van der Waals surface area contributed by atoms with Gasteiger partial charge in [0.2, 0.25) is 5.96 Å². The SMILES string of the molecule is CC(C)(C)C[C@]1(c2ccc3c(ccc4c(C#N)cnn43)c2)N=C(NC(=O)OCc2ccccc2)N([C@H](COC(=O)CC2(C(F)(F)F)CC2)c2ccc(Cl)c(-n3ncnc3C(F)F)c2)C1=O. The first-order valence-electron chi connectivity index (χ1n) is 20.3. The molecule has 6 aromatic rings. The standard InChI is InChI=1S/C45H39ClF5N9O5/c1-42(2,3)24-44(30-11-14-32-27(17-30)10-13-33-29(20-52)21-54-59(32)33)39(62)58(40(57-44)56-41(63)65-22-26-7-5-4-6-8-26)35(23-64-36(61)19-43(15-16-43)45(49,50)51)28-9-12-31(46)34(18-28)60-38(37(47)48)53-25-55-60/h4-14,17-18,21,25,35,37H,15-16,19,22-24H2,1-3H3,(H,56,57,63)/t35-,44-/m1/s1. The molecule has 2 aliphatic rings. The third kappa shape index (κ3) is 8.69. The molecule has 2 amide bonds. The minimum Gasteiger partial charge on any atom is -0.463 e. The summed E-state index contributed by atoms with van der Waals surface area (Å²) in [5.41, 5.74) is -2.34. The van der Waals surface area contributed by atoms with Crippen molar-refractivity contribution in [3.8, 4) is 11.8 Å². The third-order valence-electron chi connectivity index (χ3n) is 11.4. The van der Waals surface area contributed by atoms with E-state index in [-0.39, 0.29) is 48.1 Å². The van der Waals surface area contributed by atoms with Gasteiger partial charge in [0, 0.05) is 5.39 Å². The second-order valence-electron chi connectivity index (χ2n) is 17.2. The number of hydrogen-bond acceptors (Lipinski definition) is 10. The molecule has 20 heteroatoms. The highest BCUT2D eigenvalue weighted by molar-refractivity contribution is 6.32. The molecule has 1 N–H and O–H groups in total. The zero-order chi connectivity index (χ0) is 46.5. The highest BCUT2D eigenvalue weighted by Crippen LogP contribution is 2.60. The van der Waals surface area contributed by atoms with E-state index in [2.05, 4.69) is 26.6 Å². The van der Waals surface area contributed by atoms with Crippen molar-refractivity contribution in [3.05, 3.63) is 124 Å². The van der Waals surface area contributed by atoms with E-state index in [0.717, 1.165) is 15.9 Å². The van der Waals surface area contributed by atoms with Crippen LogP contribution in [-0.4, -0.2) is 66.0 Å². The van der Waals surface area contributed by atoms with Gasteiger partial charge in [0.15, 0.2) is 11.4 Å². The van der Waals surface area contributed by atoms with Gasteiger partial charge in [0.1, 0.15) is 25.6 Å². The Labute approximate surface area is 372 Å². The average Bonchev–Trinajstić information content (AvgIpc) is 3.57. The Kier molecular flexibility index (Phi) is 11.6. The summed E-state index contributed by atoms with van der Waals surface area (Å²) in [6.45, 7) is 4.64. The minimum atomic E-state index is -4.68. The average molecular weight is 916 g/mol. The normalized spacial score (nSPS) is 17.6. The number of esters is 1. The summed E-state index contributed by atoms with van der Waals surface area (Å²) in [4.78, 5) is 52.5. The lowest BCUT2D eigenvalue weighted by molar-refractivity contribution is -0.195. The number of hydrogen-bond donors (Lipinski definition) is 1. The van der Waals surface area contributed by atoms with Gasteiger partial charge in [0.25, 0.3) is 12.3 Å². The number of carbonyl (C=O) groups excluding carboxylic acids is 3. The van der Waals surface area contributed by atoms with Crippen molar-refractivity contribution in [1.82, 2.24) is 34.6 Å². The van der Waals surface area contributed by atoms with Crippen molar-refractivity contribution >= 4 is 51.9 Å². The lowest BCUT2D eigenvalue weighted by atomic mass is 9.75. The zero-order valence-corrected chi connectivity index (χ0v) is 35.7. The Bertz CT molecular complexity index is 2900. The lowest BCUT2D eigenvalue weighted by Gasteiger charge is -2.35. The number of guanidine groups is 1. The van der Waals surface area contributed by atoms with Crippen LogP contribution in [0.15, 0.2) is 96.4 Å². The largest absolute Gasteiger partial charge is 0.463 e. The van der Waals surface area contributed by atoms with Crippen LogP contribution < -0.4 is 5.32 Å². The lowest BCUT2D eigenvalue weighted by Crippen LogP contribution is -2.49. The Morgan fingerprint density at radius 3 is 2.38 bits per heavy atom. The summed E-state index contributed by atoms with van der Waals surface area (Å²) >= 11 is 6.56. The summed E-state index contributed by atoms with van der Waals surface area (Å²) in [5.74, 6) is -3.11. The molecular formula is C45H39ClF5N9O5. The fraction of sp³-hybridized carbons (Fsp3) is 0.333. The Balaban J connectivity index is 1.27. The molecule has 1 saturated carbocycles. The molecule has 1 aliphatic carbocycles. The van der Waals surface area contributed by atoms with Crippen LogP contribution in [0.1, 0.15) is 87.0 Å². The fourth-order valence-electron chi connectivity index (χ4n) is 8.10. The van der Waals surface area contributed by atoms with Crippen molar-refractivity contribution in [3.63, 3.8) is 0 Å². The van der Waals surface area contributed by atoms with Gasteiger partial charge < -0.3 is 9.47 Å². The number of pyridine rings is 1. The van der Waals surface area contributed by atoms with Gasteiger partial charge in [-0.05, 0) is 71.7 Å². The second kappa shape index (κ2) is 16.9. The van der Waals surface area contributed by atoms with E-state index in [4.69, 9.17) is 26.1 Å². The zero-order valence-electron chi connectivity index (χ0n) is 34.9. The summed E-state index contributed by atoms with van der Waals surface area (Å²) in [6, 6.07) is 21.9. The Hall–Kier alpha value is -6.94. The van der Waals surface area contributed by atoms with E-state index in [9.17, 15) is 36.8 Å². The van der Waals surface area contributed by atoms with Crippen LogP contribution in [0.5, 0.6) is 0 Å². The molecule has 1 fully saturated rings. The van der Waals surface area contributed by atoms with Crippen molar-refractivity contribution < 1.29 is 45.8 Å². The number of nitriles is 1. The van der Waals surface area contributed by atoms with Gasteiger partial charge in [-0.1, -0.05) is 80.9 Å². The summed E-state index contributed by atoms with van der Waals surface area (Å²) in [7, 11) is 0. The maximum Gasteiger partial charge on any atom is 0.414 e. The number of fused-ring (bicyclic) bond motifs is 3. The molecule has 1 aliphatic heterocycles. The highest BCUT2D eigenvalue weighted by atomic mass is 35.5. The Morgan fingerprint density at radius 2 is 1.71 bits per heavy atom. The quantitative estimate of drug-likeness (QED) is 0.0929. The highest BCUT2D eigenvalue weighted by Gasteiger charge is 2.64. The van der Waals surface area contributed by atoms with Crippen molar-refractivity contribution in [2.45, 2.75) is 77.2 Å². The third-order valence-corrected chi connectivity index (χ3v) is 11.7.